The van der Waals surface area contributed by atoms with Gasteiger partial charge in [0.25, 0.3) is 0 Å². The molecule has 1 saturated heterocycles. The summed E-state index contributed by atoms with van der Waals surface area (Å²) in [6.07, 6.45) is 1.44. The molecular weight excluding hydrogens is 198 g/mol. The first-order valence-corrected chi connectivity index (χ1v) is 6.01. The number of hydrogen-bond donors (Lipinski definition) is 1. The maximum Gasteiger partial charge on any atom is 0.0551 e. The molecule has 0 saturated carbocycles. The van der Waals surface area contributed by atoms with Crippen molar-refractivity contribution in [3.8, 4) is 0 Å². The Labute approximate surface area is 97.8 Å². The molecule has 0 aliphatic carbocycles. The van der Waals surface area contributed by atoms with E-state index in [0.29, 0.717) is 12.0 Å². The van der Waals surface area contributed by atoms with Gasteiger partial charge in [-0.25, -0.2) is 0 Å². The fraction of sp³-hybridized carbons (Fsp3) is 0.571. The summed E-state index contributed by atoms with van der Waals surface area (Å²) in [5, 5.41) is 0. The van der Waals surface area contributed by atoms with E-state index in [1.165, 1.54) is 16.7 Å². The molecule has 2 heteroatoms. The van der Waals surface area contributed by atoms with Gasteiger partial charge in [0.05, 0.1) is 12.7 Å². The summed E-state index contributed by atoms with van der Waals surface area (Å²) >= 11 is 0. The van der Waals surface area contributed by atoms with Gasteiger partial charge >= 0.3 is 0 Å². The first kappa shape index (κ1) is 11.6. The Hall–Kier alpha value is -0.860. The maximum absolute atomic E-state index is 6.32. The second-order valence-corrected chi connectivity index (χ2v) is 5.09. The number of hydrogen-bond acceptors (Lipinski definition) is 2. The van der Waals surface area contributed by atoms with Gasteiger partial charge in [-0.3, -0.25) is 0 Å². The predicted octanol–water partition coefficient (Wildman–Crippen LogP) is 2.73. The van der Waals surface area contributed by atoms with E-state index in [1.54, 1.807) is 0 Å². The van der Waals surface area contributed by atoms with Crippen molar-refractivity contribution in [2.24, 2.45) is 11.7 Å². The third-order valence-electron chi connectivity index (χ3n) is 3.37. The molecule has 1 aromatic rings. The first-order valence-electron chi connectivity index (χ1n) is 6.01. The highest BCUT2D eigenvalue weighted by Gasteiger charge is 2.28. The van der Waals surface area contributed by atoms with E-state index in [-0.39, 0.29) is 6.04 Å². The van der Waals surface area contributed by atoms with Crippen LogP contribution in [0.3, 0.4) is 0 Å². The van der Waals surface area contributed by atoms with Gasteiger partial charge in [-0.1, -0.05) is 29.3 Å². The SMILES string of the molecule is Cc1cc(C)cc(C(N)C2COC(C)C2)c1. The average Bonchev–Trinajstić information content (AvgIpc) is 2.62. The fourth-order valence-corrected chi connectivity index (χ4v) is 2.58. The summed E-state index contributed by atoms with van der Waals surface area (Å²) in [6.45, 7) is 7.16. The normalized spacial score (nSPS) is 27.0. The van der Waals surface area contributed by atoms with Crippen LogP contribution in [0.25, 0.3) is 0 Å². The van der Waals surface area contributed by atoms with Gasteiger partial charge in [0, 0.05) is 12.0 Å². The number of nitrogens with two attached hydrogens (primary N) is 1. The molecule has 0 amide bonds. The van der Waals surface area contributed by atoms with Crippen LogP contribution in [0.4, 0.5) is 0 Å². The van der Waals surface area contributed by atoms with Crippen molar-refractivity contribution < 1.29 is 4.74 Å². The molecule has 2 nitrogen and oxygen atoms in total. The van der Waals surface area contributed by atoms with E-state index in [1.807, 2.05) is 0 Å². The summed E-state index contributed by atoms with van der Waals surface area (Å²) in [7, 11) is 0. The lowest BCUT2D eigenvalue weighted by molar-refractivity contribution is 0.118. The molecule has 1 aromatic carbocycles. The lowest BCUT2D eigenvalue weighted by Gasteiger charge is -2.19. The minimum Gasteiger partial charge on any atom is -0.378 e. The molecule has 2 N–H and O–H groups in total. The smallest absolute Gasteiger partial charge is 0.0551 e. The zero-order valence-electron chi connectivity index (χ0n) is 10.4. The van der Waals surface area contributed by atoms with Gasteiger partial charge < -0.3 is 10.5 Å². The van der Waals surface area contributed by atoms with Gasteiger partial charge in [-0.2, -0.15) is 0 Å². The van der Waals surface area contributed by atoms with Crippen molar-refractivity contribution in [1.82, 2.24) is 0 Å². The molecule has 1 aliphatic rings. The van der Waals surface area contributed by atoms with E-state index in [4.69, 9.17) is 10.5 Å². The van der Waals surface area contributed by atoms with Crippen LogP contribution in [0.1, 0.15) is 36.1 Å². The second kappa shape index (κ2) is 4.56. The highest BCUT2D eigenvalue weighted by atomic mass is 16.5. The molecule has 2 rings (SSSR count). The average molecular weight is 219 g/mol. The Morgan fingerprint density at radius 3 is 2.38 bits per heavy atom. The summed E-state index contributed by atoms with van der Waals surface area (Å²) in [4.78, 5) is 0. The largest absolute Gasteiger partial charge is 0.378 e. The molecule has 3 unspecified atom stereocenters. The molecule has 0 bridgehead atoms. The van der Waals surface area contributed by atoms with Crippen LogP contribution < -0.4 is 5.73 Å². The van der Waals surface area contributed by atoms with Gasteiger partial charge in [-0.05, 0) is 32.8 Å². The summed E-state index contributed by atoms with van der Waals surface area (Å²) in [6, 6.07) is 6.69. The zero-order valence-corrected chi connectivity index (χ0v) is 10.4. The Kier molecular flexibility index (Phi) is 3.31. The van der Waals surface area contributed by atoms with Gasteiger partial charge in [-0.15, -0.1) is 0 Å². The van der Waals surface area contributed by atoms with Crippen LogP contribution >= 0.6 is 0 Å². The minimum absolute atomic E-state index is 0.114. The molecule has 0 radical (unpaired) electrons. The van der Waals surface area contributed by atoms with Crippen molar-refractivity contribution in [2.45, 2.75) is 39.3 Å². The maximum atomic E-state index is 6.32. The van der Waals surface area contributed by atoms with E-state index in [0.717, 1.165) is 13.0 Å². The topological polar surface area (TPSA) is 35.2 Å². The molecule has 1 aliphatic heterocycles. The number of ether oxygens (including phenoxy) is 1. The molecule has 16 heavy (non-hydrogen) atoms. The third-order valence-corrected chi connectivity index (χ3v) is 3.37. The molecule has 88 valence electrons. The molecular formula is C14H21NO. The van der Waals surface area contributed by atoms with Crippen LogP contribution in [-0.4, -0.2) is 12.7 Å². The Morgan fingerprint density at radius 2 is 1.88 bits per heavy atom. The Morgan fingerprint density at radius 1 is 1.25 bits per heavy atom. The molecule has 0 aromatic heterocycles. The van der Waals surface area contributed by atoms with Crippen LogP contribution in [0.2, 0.25) is 0 Å². The lowest BCUT2D eigenvalue weighted by atomic mass is 9.90. The van der Waals surface area contributed by atoms with Crippen molar-refractivity contribution >= 4 is 0 Å². The van der Waals surface area contributed by atoms with Crippen molar-refractivity contribution in [3.63, 3.8) is 0 Å². The summed E-state index contributed by atoms with van der Waals surface area (Å²) in [5.74, 6) is 0.469. The molecule has 0 spiro atoms. The lowest BCUT2D eigenvalue weighted by Crippen LogP contribution is -2.22. The van der Waals surface area contributed by atoms with Crippen molar-refractivity contribution in [1.29, 1.82) is 0 Å². The third kappa shape index (κ3) is 2.45. The Bertz CT molecular complexity index is 355. The first-order chi connectivity index (χ1) is 7.56. The van der Waals surface area contributed by atoms with Crippen molar-refractivity contribution in [3.05, 3.63) is 34.9 Å². The molecule has 1 fully saturated rings. The van der Waals surface area contributed by atoms with Crippen molar-refractivity contribution in [2.75, 3.05) is 6.61 Å². The highest BCUT2D eigenvalue weighted by molar-refractivity contribution is 5.31. The van der Waals surface area contributed by atoms with Gasteiger partial charge in [0.2, 0.25) is 0 Å². The van der Waals surface area contributed by atoms with E-state index < -0.39 is 0 Å². The molecule has 3 atom stereocenters. The van der Waals surface area contributed by atoms with E-state index >= 15 is 0 Å². The number of benzene rings is 1. The molecule has 1 heterocycles. The summed E-state index contributed by atoms with van der Waals surface area (Å²) < 4.78 is 5.59. The monoisotopic (exact) mass is 219 g/mol. The quantitative estimate of drug-likeness (QED) is 0.830. The zero-order chi connectivity index (χ0) is 11.7. The number of rotatable bonds is 2. The summed E-state index contributed by atoms with van der Waals surface area (Å²) in [5.41, 5.74) is 10.1. The second-order valence-electron chi connectivity index (χ2n) is 5.09. The predicted molar refractivity (Wildman–Crippen MR) is 66.4 cm³/mol. The van der Waals surface area contributed by atoms with Crippen LogP contribution in [0.15, 0.2) is 18.2 Å². The van der Waals surface area contributed by atoms with Crippen LogP contribution in [0, 0.1) is 19.8 Å². The standard InChI is InChI=1S/C14H21NO/c1-9-4-10(2)6-12(5-9)14(15)13-7-11(3)16-8-13/h4-6,11,13-14H,7-8,15H2,1-3H3. The fourth-order valence-electron chi connectivity index (χ4n) is 2.58. The van der Waals surface area contributed by atoms with Gasteiger partial charge in [0.1, 0.15) is 0 Å². The van der Waals surface area contributed by atoms with Crippen LogP contribution in [-0.2, 0) is 4.74 Å². The Balaban J connectivity index is 2.17. The minimum atomic E-state index is 0.114. The van der Waals surface area contributed by atoms with E-state index in [9.17, 15) is 0 Å². The van der Waals surface area contributed by atoms with Crippen LogP contribution in [0.5, 0.6) is 0 Å². The van der Waals surface area contributed by atoms with Gasteiger partial charge in [0.15, 0.2) is 0 Å². The highest BCUT2D eigenvalue weighted by Crippen LogP contribution is 2.30. The number of aryl methyl sites for hydroxylation is 2. The van der Waals surface area contributed by atoms with E-state index in [2.05, 4.69) is 39.0 Å².